The van der Waals surface area contributed by atoms with Crippen LogP contribution >= 0.6 is 11.8 Å². The van der Waals surface area contributed by atoms with Crippen LogP contribution in [0.1, 0.15) is 0 Å². The van der Waals surface area contributed by atoms with E-state index in [1.807, 2.05) is 0 Å². The van der Waals surface area contributed by atoms with Gasteiger partial charge in [0, 0.05) is 17.7 Å². The molecule has 0 radical (unpaired) electrons. The number of aromatic nitrogens is 1. The maximum atomic E-state index is 11.7. The zero-order chi connectivity index (χ0) is 11.4. The van der Waals surface area contributed by atoms with Gasteiger partial charge in [0.25, 0.3) is 0 Å². The highest BCUT2D eigenvalue weighted by atomic mass is 32.2. The van der Waals surface area contributed by atoms with Crippen molar-refractivity contribution in [2.24, 2.45) is 0 Å². The number of amides is 1. The lowest BCUT2D eigenvalue weighted by Crippen LogP contribution is -2.37. The fourth-order valence-electron chi connectivity index (χ4n) is 1.37. The van der Waals surface area contributed by atoms with Crippen LogP contribution in [0.4, 0.5) is 5.69 Å². The predicted molar refractivity (Wildman–Crippen MR) is 63.7 cm³/mol. The molecular formula is C10H13N3O2S. The zero-order valence-electron chi connectivity index (χ0n) is 8.90. The van der Waals surface area contributed by atoms with Crippen LogP contribution in [0.25, 0.3) is 0 Å². The van der Waals surface area contributed by atoms with E-state index in [0.717, 1.165) is 11.6 Å². The average molecular weight is 239 g/mol. The monoisotopic (exact) mass is 239 g/mol. The minimum absolute atomic E-state index is 0.0167. The predicted octanol–water partition coefficient (Wildman–Crippen LogP) is 0.691. The second kappa shape index (κ2) is 5.18. The van der Waals surface area contributed by atoms with Gasteiger partial charge in [-0.25, -0.2) is 4.98 Å². The Morgan fingerprint density at radius 3 is 3.12 bits per heavy atom. The van der Waals surface area contributed by atoms with Gasteiger partial charge in [-0.3, -0.25) is 10.1 Å². The van der Waals surface area contributed by atoms with Crippen molar-refractivity contribution in [2.45, 2.75) is 6.04 Å². The molecule has 0 saturated carbocycles. The largest absolute Gasteiger partial charge is 0.481 e. The molecule has 1 amide bonds. The first-order valence-corrected chi connectivity index (χ1v) is 6.07. The molecule has 0 bridgehead atoms. The second-order valence-corrected chi connectivity index (χ2v) is 4.38. The molecule has 1 aliphatic rings. The summed E-state index contributed by atoms with van der Waals surface area (Å²) >= 11 is 1.72. The summed E-state index contributed by atoms with van der Waals surface area (Å²) in [5.74, 6) is 2.17. The summed E-state index contributed by atoms with van der Waals surface area (Å²) in [4.78, 5) is 15.7. The Labute approximate surface area is 98.0 Å². The van der Waals surface area contributed by atoms with Gasteiger partial charge in [0.15, 0.2) is 0 Å². The van der Waals surface area contributed by atoms with Gasteiger partial charge < -0.3 is 10.1 Å². The number of hydrogen-bond donors (Lipinski definition) is 2. The lowest BCUT2D eigenvalue weighted by molar-refractivity contribution is -0.117. The molecular weight excluding hydrogens is 226 g/mol. The number of hydrogen-bond acceptors (Lipinski definition) is 5. The van der Waals surface area contributed by atoms with Crippen LogP contribution in [0, 0.1) is 0 Å². The van der Waals surface area contributed by atoms with Gasteiger partial charge in [0.1, 0.15) is 0 Å². The summed E-state index contributed by atoms with van der Waals surface area (Å²) < 4.78 is 4.93. The number of methoxy groups -OCH3 is 1. The lowest BCUT2D eigenvalue weighted by Gasteiger charge is -2.10. The molecule has 1 aromatic rings. The van der Waals surface area contributed by atoms with E-state index >= 15 is 0 Å². The summed E-state index contributed by atoms with van der Waals surface area (Å²) in [6.07, 6.45) is 1.58. The lowest BCUT2D eigenvalue weighted by atomic mass is 10.3. The molecule has 2 N–H and O–H groups in total. The van der Waals surface area contributed by atoms with Crippen LogP contribution in [-0.2, 0) is 4.79 Å². The molecule has 1 saturated heterocycles. The number of carbonyl (C=O) groups excluding carboxylic acids is 1. The van der Waals surface area contributed by atoms with E-state index in [2.05, 4.69) is 15.6 Å². The van der Waals surface area contributed by atoms with Gasteiger partial charge in [-0.1, -0.05) is 0 Å². The van der Waals surface area contributed by atoms with Crippen molar-refractivity contribution in [1.29, 1.82) is 0 Å². The molecule has 1 fully saturated rings. The van der Waals surface area contributed by atoms with Crippen molar-refractivity contribution in [2.75, 3.05) is 24.1 Å². The number of rotatable bonds is 3. The van der Waals surface area contributed by atoms with Crippen LogP contribution < -0.4 is 15.4 Å². The molecule has 6 heteroatoms. The number of anilines is 1. The molecule has 1 aromatic heterocycles. The smallest absolute Gasteiger partial charge is 0.242 e. The molecule has 1 unspecified atom stereocenters. The highest BCUT2D eigenvalue weighted by molar-refractivity contribution is 7.99. The molecule has 0 spiro atoms. The zero-order valence-corrected chi connectivity index (χ0v) is 9.71. The van der Waals surface area contributed by atoms with E-state index in [4.69, 9.17) is 4.74 Å². The maximum Gasteiger partial charge on any atom is 0.242 e. The quantitative estimate of drug-likeness (QED) is 0.812. The Morgan fingerprint density at radius 2 is 2.56 bits per heavy atom. The van der Waals surface area contributed by atoms with Gasteiger partial charge in [-0.15, -0.1) is 11.8 Å². The van der Waals surface area contributed by atoms with E-state index in [1.165, 1.54) is 0 Å². The standard InChI is InChI=1S/C10H13N3O2S/c1-15-9-3-2-7(4-11-9)13-10(14)8-5-16-6-12-8/h2-4,8,12H,5-6H2,1H3,(H,13,14). The highest BCUT2D eigenvalue weighted by Crippen LogP contribution is 2.14. The van der Waals surface area contributed by atoms with Gasteiger partial charge in [-0.05, 0) is 6.07 Å². The van der Waals surface area contributed by atoms with Crippen LogP contribution in [0.2, 0.25) is 0 Å². The van der Waals surface area contributed by atoms with Crippen LogP contribution in [0.15, 0.2) is 18.3 Å². The number of carbonyl (C=O) groups is 1. The fraction of sp³-hybridized carbons (Fsp3) is 0.400. The van der Waals surface area contributed by atoms with Crippen LogP contribution in [0.3, 0.4) is 0 Å². The van der Waals surface area contributed by atoms with Gasteiger partial charge >= 0.3 is 0 Å². The Kier molecular flexibility index (Phi) is 3.63. The van der Waals surface area contributed by atoms with Crippen molar-refractivity contribution < 1.29 is 9.53 Å². The van der Waals surface area contributed by atoms with Gasteiger partial charge in [-0.2, -0.15) is 0 Å². The molecule has 16 heavy (non-hydrogen) atoms. The third-order valence-corrected chi connectivity index (χ3v) is 3.19. The van der Waals surface area contributed by atoms with E-state index in [-0.39, 0.29) is 11.9 Å². The summed E-state index contributed by atoms with van der Waals surface area (Å²) in [7, 11) is 1.56. The molecule has 1 aliphatic heterocycles. The van der Waals surface area contributed by atoms with E-state index in [1.54, 1.807) is 37.2 Å². The van der Waals surface area contributed by atoms with E-state index in [9.17, 15) is 4.79 Å². The minimum Gasteiger partial charge on any atom is -0.481 e. The summed E-state index contributed by atoms with van der Waals surface area (Å²) in [5.41, 5.74) is 0.685. The second-order valence-electron chi connectivity index (χ2n) is 3.35. The highest BCUT2D eigenvalue weighted by Gasteiger charge is 2.22. The topological polar surface area (TPSA) is 63.2 Å². The summed E-state index contributed by atoms with van der Waals surface area (Å²) in [6, 6.07) is 3.38. The Bertz CT molecular complexity index is 363. The van der Waals surface area contributed by atoms with Crippen molar-refractivity contribution in [3.8, 4) is 5.88 Å². The Morgan fingerprint density at radius 1 is 1.69 bits per heavy atom. The number of pyridine rings is 1. The Hall–Kier alpha value is -1.27. The number of thioether (sulfide) groups is 1. The van der Waals surface area contributed by atoms with Crippen LogP contribution in [-0.4, -0.2) is 35.7 Å². The third kappa shape index (κ3) is 2.65. The number of nitrogens with zero attached hydrogens (tertiary/aromatic N) is 1. The summed E-state index contributed by atoms with van der Waals surface area (Å²) in [6.45, 7) is 0. The molecule has 86 valence electrons. The van der Waals surface area contributed by atoms with Gasteiger partial charge in [0.05, 0.1) is 25.0 Å². The van der Waals surface area contributed by atoms with Crippen molar-refractivity contribution >= 4 is 23.4 Å². The average Bonchev–Trinajstić information content (AvgIpc) is 2.83. The SMILES string of the molecule is COc1ccc(NC(=O)C2CSCN2)cn1. The fourth-order valence-corrected chi connectivity index (χ4v) is 2.31. The molecule has 2 rings (SSSR count). The minimum atomic E-state index is -0.105. The third-order valence-electron chi connectivity index (χ3n) is 2.25. The van der Waals surface area contributed by atoms with Crippen molar-refractivity contribution in [3.63, 3.8) is 0 Å². The van der Waals surface area contributed by atoms with E-state index < -0.39 is 0 Å². The normalized spacial score (nSPS) is 19.4. The number of nitrogens with one attached hydrogen (secondary N) is 2. The molecule has 5 nitrogen and oxygen atoms in total. The van der Waals surface area contributed by atoms with Crippen molar-refractivity contribution in [1.82, 2.24) is 10.3 Å². The first-order valence-electron chi connectivity index (χ1n) is 4.91. The molecule has 0 aromatic carbocycles. The Balaban J connectivity index is 1.94. The van der Waals surface area contributed by atoms with Crippen LogP contribution in [0.5, 0.6) is 5.88 Å². The molecule has 2 heterocycles. The first-order chi connectivity index (χ1) is 7.79. The number of ether oxygens (including phenoxy) is 1. The maximum absolute atomic E-state index is 11.7. The molecule has 0 aliphatic carbocycles. The first kappa shape index (κ1) is 11.2. The van der Waals surface area contributed by atoms with Crippen molar-refractivity contribution in [3.05, 3.63) is 18.3 Å². The molecule has 1 atom stereocenters. The summed E-state index contributed by atoms with van der Waals surface area (Å²) in [5, 5.41) is 5.91. The van der Waals surface area contributed by atoms with Gasteiger partial charge in [0.2, 0.25) is 11.8 Å². The van der Waals surface area contributed by atoms with E-state index in [0.29, 0.717) is 11.6 Å².